The van der Waals surface area contributed by atoms with E-state index in [4.69, 9.17) is 4.74 Å². The average Bonchev–Trinajstić information content (AvgIpc) is 2.96. The summed E-state index contributed by atoms with van der Waals surface area (Å²) in [5.74, 6) is 0.510. The third-order valence-corrected chi connectivity index (χ3v) is 8.92. The highest BCUT2D eigenvalue weighted by Crippen LogP contribution is 2.45. The van der Waals surface area contributed by atoms with Crippen LogP contribution in [0.15, 0.2) is 24.3 Å². The number of ether oxygens (including phenoxy) is 1. The number of rotatable bonds is 7. The standard InChI is InChI=1S/C22H35NO4Si/c1-16-19(27-20(12-14-24)22(16)28(2,3)26)11-10-17-7-6-8-18(15-17)23-13-5-4-9-21(23)25/h6-8,15-16,19-20,22,24,26H,4-5,9-14H2,1-3H3/t16-,19+,20-,22+/m0/s1. The minimum atomic E-state index is -2.36. The summed E-state index contributed by atoms with van der Waals surface area (Å²) in [5, 5.41) is 9.39. The van der Waals surface area contributed by atoms with Crippen LogP contribution in [0, 0.1) is 5.92 Å². The molecule has 4 atom stereocenters. The van der Waals surface area contributed by atoms with Crippen molar-refractivity contribution >= 4 is 19.9 Å². The van der Waals surface area contributed by atoms with E-state index < -0.39 is 8.32 Å². The smallest absolute Gasteiger partial charge is 0.226 e. The molecular formula is C22H35NO4Si. The van der Waals surface area contributed by atoms with Gasteiger partial charge in [-0.05, 0) is 68.8 Å². The Labute approximate surface area is 169 Å². The van der Waals surface area contributed by atoms with Crippen molar-refractivity contribution in [1.82, 2.24) is 0 Å². The highest BCUT2D eigenvalue weighted by Gasteiger charge is 2.49. The zero-order valence-electron chi connectivity index (χ0n) is 17.4. The SMILES string of the molecule is C[C@@H]1[C@@H]([Si](C)(C)O)[C@H](CCO)O[C@@H]1CCc1cccc(N2CCCCC2=O)c1. The van der Waals surface area contributed by atoms with E-state index >= 15 is 0 Å². The molecule has 0 radical (unpaired) electrons. The monoisotopic (exact) mass is 405 g/mol. The largest absolute Gasteiger partial charge is 0.432 e. The first-order valence-corrected chi connectivity index (χ1v) is 13.7. The van der Waals surface area contributed by atoms with E-state index in [-0.39, 0.29) is 36.2 Å². The number of carbonyl (C=O) groups excluding carboxylic acids is 1. The summed E-state index contributed by atoms with van der Waals surface area (Å²) in [6.07, 6.45) is 5.12. The minimum absolute atomic E-state index is 0.0472. The number of benzene rings is 1. The maximum atomic E-state index is 12.2. The quantitative estimate of drug-likeness (QED) is 0.681. The molecule has 0 saturated carbocycles. The third kappa shape index (κ3) is 4.85. The van der Waals surface area contributed by atoms with Crippen molar-refractivity contribution in [3.63, 3.8) is 0 Å². The molecule has 2 aliphatic rings. The Morgan fingerprint density at radius 2 is 2.00 bits per heavy atom. The van der Waals surface area contributed by atoms with Crippen LogP contribution in [0.2, 0.25) is 18.6 Å². The fourth-order valence-corrected chi connectivity index (χ4v) is 7.73. The highest BCUT2D eigenvalue weighted by molar-refractivity contribution is 6.71. The van der Waals surface area contributed by atoms with E-state index in [1.165, 1.54) is 5.56 Å². The number of anilines is 1. The summed E-state index contributed by atoms with van der Waals surface area (Å²) in [6, 6.07) is 8.31. The lowest BCUT2D eigenvalue weighted by Crippen LogP contribution is -2.40. The fourth-order valence-electron chi connectivity index (χ4n) is 5.07. The van der Waals surface area contributed by atoms with Crippen molar-refractivity contribution < 1.29 is 19.4 Å². The molecule has 5 nitrogen and oxygen atoms in total. The van der Waals surface area contributed by atoms with Crippen LogP contribution in [-0.2, 0) is 16.0 Å². The highest BCUT2D eigenvalue weighted by atomic mass is 28.4. The maximum Gasteiger partial charge on any atom is 0.226 e. The van der Waals surface area contributed by atoms with Gasteiger partial charge in [0.15, 0.2) is 8.32 Å². The van der Waals surface area contributed by atoms with Crippen molar-refractivity contribution in [1.29, 1.82) is 0 Å². The van der Waals surface area contributed by atoms with Gasteiger partial charge < -0.3 is 19.5 Å². The molecular weight excluding hydrogens is 370 g/mol. The maximum absolute atomic E-state index is 12.2. The first-order valence-electron chi connectivity index (χ1n) is 10.7. The van der Waals surface area contributed by atoms with Crippen LogP contribution in [0.3, 0.4) is 0 Å². The number of aliphatic hydroxyl groups excluding tert-OH is 1. The van der Waals surface area contributed by atoms with E-state index in [9.17, 15) is 14.7 Å². The Kier molecular flexibility index (Phi) is 6.97. The predicted molar refractivity (Wildman–Crippen MR) is 114 cm³/mol. The molecule has 156 valence electrons. The van der Waals surface area contributed by atoms with Crippen molar-refractivity contribution in [3.8, 4) is 0 Å². The molecule has 2 N–H and O–H groups in total. The molecule has 1 aromatic carbocycles. The van der Waals surface area contributed by atoms with Crippen molar-refractivity contribution in [2.24, 2.45) is 5.92 Å². The third-order valence-electron chi connectivity index (χ3n) is 6.40. The Morgan fingerprint density at radius 3 is 2.68 bits per heavy atom. The molecule has 0 bridgehead atoms. The Bertz CT molecular complexity index is 675. The van der Waals surface area contributed by atoms with Crippen LogP contribution in [0.25, 0.3) is 0 Å². The van der Waals surface area contributed by atoms with Gasteiger partial charge in [-0.3, -0.25) is 4.79 Å². The van der Waals surface area contributed by atoms with Crippen molar-refractivity contribution in [2.45, 2.75) is 76.3 Å². The van der Waals surface area contributed by atoms with Crippen LogP contribution in [0.5, 0.6) is 0 Å². The van der Waals surface area contributed by atoms with Gasteiger partial charge in [-0.1, -0.05) is 19.1 Å². The first-order chi connectivity index (χ1) is 13.3. The number of amides is 1. The number of aliphatic hydroxyl groups is 1. The lowest BCUT2D eigenvalue weighted by atomic mass is 9.95. The molecule has 6 heteroatoms. The number of hydrogen-bond acceptors (Lipinski definition) is 4. The second-order valence-electron chi connectivity index (χ2n) is 8.97. The van der Waals surface area contributed by atoms with Gasteiger partial charge in [-0.25, -0.2) is 0 Å². The van der Waals surface area contributed by atoms with Crippen LogP contribution >= 0.6 is 0 Å². The van der Waals surface area contributed by atoms with E-state index in [0.29, 0.717) is 12.8 Å². The van der Waals surface area contributed by atoms with Crippen LogP contribution in [0.4, 0.5) is 5.69 Å². The van der Waals surface area contributed by atoms with Gasteiger partial charge in [-0.2, -0.15) is 0 Å². The van der Waals surface area contributed by atoms with Gasteiger partial charge in [0, 0.05) is 30.8 Å². The minimum Gasteiger partial charge on any atom is -0.432 e. The van der Waals surface area contributed by atoms with E-state index in [2.05, 4.69) is 19.1 Å². The summed E-state index contributed by atoms with van der Waals surface area (Å²) in [7, 11) is -2.36. The Hall–Kier alpha value is -1.21. The zero-order chi connectivity index (χ0) is 20.3. The van der Waals surface area contributed by atoms with Gasteiger partial charge >= 0.3 is 0 Å². The van der Waals surface area contributed by atoms with Crippen molar-refractivity contribution in [2.75, 3.05) is 18.1 Å². The summed E-state index contributed by atoms with van der Waals surface area (Å²) in [4.78, 5) is 24.9. The normalized spacial score (nSPS) is 28.8. The summed E-state index contributed by atoms with van der Waals surface area (Å²) >= 11 is 0. The Morgan fingerprint density at radius 1 is 1.21 bits per heavy atom. The summed E-state index contributed by atoms with van der Waals surface area (Å²) < 4.78 is 6.29. The molecule has 0 spiro atoms. The number of nitrogens with zero attached hydrogens (tertiary/aromatic N) is 1. The van der Waals surface area contributed by atoms with Gasteiger partial charge in [-0.15, -0.1) is 0 Å². The van der Waals surface area contributed by atoms with E-state index in [1.54, 1.807) is 0 Å². The molecule has 3 rings (SSSR count). The number of aryl methyl sites for hydroxylation is 1. The number of hydrogen-bond donors (Lipinski definition) is 2. The molecule has 1 aromatic rings. The van der Waals surface area contributed by atoms with Gasteiger partial charge in [0.1, 0.15) is 0 Å². The predicted octanol–water partition coefficient (Wildman–Crippen LogP) is 3.49. The molecule has 0 unspecified atom stereocenters. The first kappa shape index (κ1) is 21.5. The molecule has 1 amide bonds. The number of carbonyl (C=O) groups is 1. The fraction of sp³-hybridized carbons (Fsp3) is 0.682. The van der Waals surface area contributed by atoms with Gasteiger partial charge in [0.05, 0.1) is 12.2 Å². The lowest BCUT2D eigenvalue weighted by Gasteiger charge is -2.30. The summed E-state index contributed by atoms with van der Waals surface area (Å²) in [5.41, 5.74) is 2.37. The zero-order valence-corrected chi connectivity index (χ0v) is 18.4. The van der Waals surface area contributed by atoms with E-state index in [1.807, 2.05) is 30.1 Å². The molecule has 0 aromatic heterocycles. The van der Waals surface area contributed by atoms with Gasteiger partial charge in [0.25, 0.3) is 0 Å². The topological polar surface area (TPSA) is 70.0 Å². The van der Waals surface area contributed by atoms with Crippen LogP contribution < -0.4 is 4.90 Å². The molecule has 2 saturated heterocycles. The van der Waals surface area contributed by atoms with Crippen LogP contribution in [0.1, 0.15) is 44.6 Å². The molecule has 2 fully saturated rings. The number of piperidine rings is 1. The van der Waals surface area contributed by atoms with Gasteiger partial charge in [0.2, 0.25) is 5.91 Å². The lowest BCUT2D eigenvalue weighted by molar-refractivity contribution is -0.119. The second-order valence-corrected chi connectivity index (χ2v) is 12.9. The van der Waals surface area contributed by atoms with Crippen LogP contribution in [-0.4, -0.2) is 49.5 Å². The molecule has 28 heavy (non-hydrogen) atoms. The summed E-state index contributed by atoms with van der Waals surface area (Å²) in [6.45, 7) is 7.04. The van der Waals surface area contributed by atoms with E-state index in [0.717, 1.165) is 37.9 Å². The Balaban J connectivity index is 1.65. The van der Waals surface area contributed by atoms with Crippen molar-refractivity contribution in [3.05, 3.63) is 29.8 Å². The average molecular weight is 406 g/mol. The molecule has 0 aliphatic carbocycles. The second kappa shape index (κ2) is 9.07. The molecule has 2 heterocycles. The molecule has 2 aliphatic heterocycles.